The van der Waals surface area contributed by atoms with Gasteiger partial charge in [0, 0.05) is 24.0 Å². The second-order valence-electron chi connectivity index (χ2n) is 5.57. The molecule has 2 atom stereocenters. The van der Waals surface area contributed by atoms with Gasteiger partial charge in [-0.1, -0.05) is 6.42 Å². The van der Waals surface area contributed by atoms with Gasteiger partial charge in [-0.05, 0) is 32.6 Å². The van der Waals surface area contributed by atoms with Crippen LogP contribution in [0.25, 0.3) is 0 Å². The van der Waals surface area contributed by atoms with Gasteiger partial charge >= 0.3 is 0 Å². The minimum atomic E-state index is -0.395. The van der Waals surface area contributed by atoms with Crippen LogP contribution < -0.4 is 11.1 Å². The average molecular weight is 267 g/mol. The molecule has 0 saturated heterocycles. The summed E-state index contributed by atoms with van der Waals surface area (Å²) in [6.45, 7) is 3.97. The highest BCUT2D eigenvalue weighted by atomic mass is 32.1. The number of nitrogens with zero attached hydrogens (tertiary/aromatic N) is 1. The highest BCUT2D eigenvalue weighted by molar-refractivity contribution is 7.09. The summed E-state index contributed by atoms with van der Waals surface area (Å²) in [5.41, 5.74) is 5.60. The van der Waals surface area contributed by atoms with E-state index in [0.29, 0.717) is 12.3 Å². The van der Waals surface area contributed by atoms with Crippen molar-refractivity contribution >= 4 is 17.2 Å². The van der Waals surface area contributed by atoms with Gasteiger partial charge < -0.3 is 11.1 Å². The van der Waals surface area contributed by atoms with E-state index < -0.39 is 5.54 Å². The second kappa shape index (κ2) is 5.36. The third kappa shape index (κ3) is 3.09. The molecule has 18 heavy (non-hydrogen) atoms. The number of hydrogen-bond acceptors (Lipinski definition) is 4. The Balaban J connectivity index is 1.91. The Morgan fingerprint density at radius 1 is 1.61 bits per heavy atom. The Bertz CT molecular complexity index is 402. The van der Waals surface area contributed by atoms with Crippen molar-refractivity contribution < 1.29 is 4.79 Å². The Labute approximate surface area is 112 Å². The van der Waals surface area contributed by atoms with E-state index in [0.717, 1.165) is 24.3 Å². The highest BCUT2D eigenvalue weighted by Gasteiger charge is 2.30. The first-order valence-corrected chi connectivity index (χ1v) is 7.33. The van der Waals surface area contributed by atoms with Crippen molar-refractivity contribution in [2.24, 2.45) is 11.7 Å². The van der Waals surface area contributed by atoms with E-state index in [1.165, 1.54) is 0 Å². The molecule has 0 bridgehead atoms. The predicted molar refractivity (Wildman–Crippen MR) is 73.2 cm³/mol. The van der Waals surface area contributed by atoms with Gasteiger partial charge in [-0.2, -0.15) is 0 Å². The predicted octanol–water partition coefficient (Wildman–Crippen LogP) is 2.01. The second-order valence-corrected chi connectivity index (χ2v) is 6.46. The molecule has 0 aromatic carbocycles. The molecule has 4 nitrogen and oxygen atoms in total. The van der Waals surface area contributed by atoms with Crippen molar-refractivity contribution in [2.75, 3.05) is 0 Å². The van der Waals surface area contributed by atoms with Gasteiger partial charge in [0.25, 0.3) is 0 Å². The summed E-state index contributed by atoms with van der Waals surface area (Å²) in [7, 11) is 0. The fraction of sp³-hybridized carbons (Fsp3) is 0.692. The van der Waals surface area contributed by atoms with Crippen LogP contribution >= 0.6 is 11.3 Å². The number of thiazole rings is 1. The summed E-state index contributed by atoms with van der Waals surface area (Å²) in [5, 5.41) is 5.92. The third-order valence-corrected chi connectivity index (χ3v) is 4.68. The largest absolute Gasteiger partial charge is 0.345 e. The quantitative estimate of drug-likeness (QED) is 0.877. The van der Waals surface area contributed by atoms with Gasteiger partial charge in [0.15, 0.2) is 0 Å². The van der Waals surface area contributed by atoms with Crippen molar-refractivity contribution in [3.8, 4) is 0 Å². The molecule has 3 N–H and O–H groups in total. The molecule has 5 heteroatoms. The SMILES string of the molecule is CC(C)(NC(=O)C[C@@H]1CCC[C@H]1N)c1nccs1. The number of amides is 1. The first-order chi connectivity index (χ1) is 8.49. The normalized spacial score (nSPS) is 24.2. The van der Waals surface area contributed by atoms with Crippen LogP contribution in [-0.4, -0.2) is 16.9 Å². The molecule has 2 rings (SSSR count). The molecule has 0 spiro atoms. The molecule has 1 aromatic rings. The monoisotopic (exact) mass is 267 g/mol. The topological polar surface area (TPSA) is 68.0 Å². The zero-order valence-corrected chi connectivity index (χ0v) is 11.8. The van der Waals surface area contributed by atoms with Crippen molar-refractivity contribution in [3.63, 3.8) is 0 Å². The lowest BCUT2D eigenvalue weighted by Crippen LogP contribution is -2.42. The Morgan fingerprint density at radius 3 is 2.94 bits per heavy atom. The standard InChI is InChI=1S/C13H21N3OS/c1-13(2,12-15-6-7-18-12)16-11(17)8-9-4-3-5-10(9)14/h6-7,9-10H,3-5,8,14H2,1-2H3,(H,16,17)/t9-,10+/m0/s1. The van der Waals surface area contributed by atoms with Crippen LogP contribution in [0, 0.1) is 5.92 Å². The summed E-state index contributed by atoms with van der Waals surface area (Å²) >= 11 is 1.56. The number of aromatic nitrogens is 1. The first kappa shape index (κ1) is 13.5. The molecule has 100 valence electrons. The molecule has 1 heterocycles. The zero-order valence-electron chi connectivity index (χ0n) is 11.0. The Kier molecular flexibility index (Phi) is 4.02. The molecule has 1 aromatic heterocycles. The van der Waals surface area contributed by atoms with E-state index in [4.69, 9.17) is 5.73 Å². The lowest BCUT2D eigenvalue weighted by molar-refractivity contribution is -0.123. The van der Waals surface area contributed by atoms with Crippen molar-refractivity contribution in [2.45, 2.75) is 51.1 Å². The van der Waals surface area contributed by atoms with Gasteiger partial charge in [0.1, 0.15) is 5.01 Å². The van der Waals surface area contributed by atoms with E-state index in [2.05, 4.69) is 10.3 Å². The van der Waals surface area contributed by atoms with Crippen molar-refractivity contribution in [1.29, 1.82) is 0 Å². The smallest absolute Gasteiger partial charge is 0.221 e. The average Bonchev–Trinajstić information content (AvgIpc) is 2.90. The minimum absolute atomic E-state index is 0.0811. The minimum Gasteiger partial charge on any atom is -0.345 e. The molecule has 1 saturated carbocycles. The maximum absolute atomic E-state index is 12.1. The van der Waals surface area contributed by atoms with Crippen LogP contribution in [-0.2, 0) is 10.3 Å². The summed E-state index contributed by atoms with van der Waals surface area (Å²) in [5.74, 6) is 0.426. The number of carbonyl (C=O) groups excluding carboxylic acids is 1. The van der Waals surface area contributed by atoms with Crippen LogP contribution in [0.5, 0.6) is 0 Å². The number of hydrogen-bond donors (Lipinski definition) is 2. The van der Waals surface area contributed by atoms with E-state index in [1.807, 2.05) is 19.2 Å². The van der Waals surface area contributed by atoms with E-state index in [1.54, 1.807) is 17.5 Å². The summed E-state index contributed by atoms with van der Waals surface area (Å²) in [4.78, 5) is 16.3. The Hall–Kier alpha value is -0.940. The van der Waals surface area contributed by atoms with Crippen molar-refractivity contribution in [1.82, 2.24) is 10.3 Å². The van der Waals surface area contributed by atoms with Crippen molar-refractivity contribution in [3.05, 3.63) is 16.6 Å². The number of rotatable bonds is 4. The van der Waals surface area contributed by atoms with E-state index in [-0.39, 0.29) is 11.9 Å². The molecule has 0 unspecified atom stereocenters. The lowest BCUT2D eigenvalue weighted by Gasteiger charge is -2.25. The molecule has 1 fully saturated rings. The first-order valence-electron chi connectivity index (χ1n) is 6.45. The number of nitrogens with two attached hydrogens (primary N) is 1. The summed E-state index contributed by atoms with van der Waals surface area (Å²) in [6, 6.07) is 0.193. The molecule has 1 aliphatic rings. The maximum atomic E-state index is 12.1. The third-order valence-electron chi connectivity index (χ3n) is 3.58. The van der Waals surface area contributed by atoms with Crippen LogP contribution in [0.2, 0.25) is 0 Å². The van der Waals surface area contributed by atoms with Crippen LogP contribution in [0.4, 0.5) is 0 Å². The zero-order chi connectivity index (χ0) is 13.2. The molecular formula is C13H21N3OS. The Morgan fingerprint density at radius 2 is 2.39 bits per heavy atom. The molecule has 1 amide bonds. The molecule has 1 aliphatic carbocycles. The van der Waals surface area contributed by atoms with Gasteiger partial charge in [-0.15, -0.1) is 11.3 Å². The van der Waals surface area contributed by atoms with E-state index in [9.17, 15) is 4.79 Å². The molecule has 0 radical (unpaired) electrons. The lowest BCUT2D eigenvalue weighted by atomic mass is 9.98. The summed E-state index contributed by atoms with van der Waals surface area (Å²) < 4.78 is 0. The molecule has 0 aliphatic heterocycles. The maximum Gasteiger partial charge on any atom is 0.221 e. The molecular weight excluding hydrogens is 246 g/mol. The van der Waals surface area contributed by atoms with E-state index >= 15 is 0 Å². The summed E-state index contributed by atoms with van der Waals surface area (Å²) in [6.07, 6.45) is 5.58. The van der Waals surface area contributed by atoms with Gasteiger partial charge in [0.05, 0.1) is 5.54 Å². The van der Waals surface area contributed by atoms with Gasteiger partial charge in [-0.3, -0.25) is 4.79 Å². The van der Waals surface area contributed by atoms with Gasteiger partial charge in [0.2, 0.25) is 5.91 Å². The fourth-order valence-electron chi connectivity index (χ4n) is 2.54. The van der Waals surface area contributed by atoms with Crippen LogP contribution in [0.1, 0.15) is 44.5 Å². The number of nitrogens with one attached hydrogen (secondary N) is 1. The van der Waals surface area contributed by atoms with Crippen LogP contribution in [0.15, 0.2) is 11.6 Å². The fourth-order valence-corrected chi connectivity index (χ4v) is 3.26. The van der Waals surface area contributed by atoms with Gasteiger partial charge in [-0.25, -0.2) is 4.98 Å². The number of carbonyl (C=O) groups is 1. The highest BCUT2D eigenvalue weighted by Crippen LogP contribution is 2.28. The van der Waals surface area contributed by atoms with Crippen LogP contribution in [0.3, 0.4) is 0 Å².